The van der Waals surface area contributed by atoms with Crippen molar-refractivity contribution < 1.29 is 4.79 Å². The lowest BCUT2D eigenvalue weighted by atomic mass is 10.4. The molecule has 1 saturated heterocycles. The highest BCUT2D eigenvalue weighted by molar-refractivity contribution is 6.31. The van der Waals surface area contributed by atoms with Gasteiger partial charge in [-0.25, -0.2) is 9.78 Å². The Labute approximate surface area is 102 Å². The van der Waals surface area contributed by atoms with Crippen LogP contribution in [0, 0.1) is 0 Å². The Morgan fingerprint density at radius 2 is 2.24 bits per heavy atom. The molecule has 8 heteroatoms. The molecular weight excluding hydrogens is 246 g/mol. The minimum atomic E-state index is -0.385. The zero-order chi connectivity index (χ0) is 12.4. The maximum atomic E-state index is 11.7. The minimum Gasteiger partial charge on any atom is -0.392 e. The van der Waals surface area contributed by atoms with Crippen molar-refractivity contribution in [2.24, 2.45) is 0 Å². The lowest BCUT2D eigenvalue weighted by Gasteiger charge is -2.14. The van der Waals surface area contributed by atoms with Crippen LogP contribution in [0.3, 0.4) is 0 Å². The predicted octanol–water partition coefficient (Wildman–Crippen LogP) is -0.496. The van der Waals surface area contributed by atoms with Gasteiger partial charge in [-0.15, -0.1) is 0 Å². The molecule has 2 heterocycles. The van der Waals surface area contributed by atoms with Gasteiger partial charge in [-0.2, -0.15) is 0 Å². The first-order valence-electron chi connectivity index (χ1n) is 5.13. The lowest BCUT2D eigenvalue weighted by Crippen LogP contribution is -2.34. The van der Waals surface area contributed by atoms with Crippen LogP contribution in [0.25, 0.3) is 0 Å². The first-order chi connectivity index (χ1) is 8.09. The number of amides is 2. The van der Waals surface area contributed by atoms with Gasteiger partial charge in [0.2, 0.25) is 0 Å². The van der Waals surface area contributed by atoms with Gasteiger partial charge in [0.25, 0.3) is 5.56 Å². The number of anilines is 1. The van der Waals surface area contributed by atoms with Crippen LogP contribution in [0.15, 0.2) is 11.1 Å². The average molecular weight is 258 g/mol. The van der Waals surface area contributed by atoms with E-state index in [0.717, 1.165) is 0 Å². The van der Waals surface area contributed by atoms with Crippen molar-refractivity contribution in [2.45, 2.75) is 6.54 Å². The number of halogens is 1. The quantitative estimate of drug-likeness (QED) is 0.714. The summed E-state index contributed by atoms with van der Waals surface area (Å²) >= 11 is 5.61. The molecule has 1 aliphatic rings. The topological polar surface area (TPSA) is 93.2 Å². The summed E-state index contributed by atoms with van der Waals surface area (Å²) in [5.74, 6) is 0. The first-order valence-corrected chi connectivity index (χ1v) is 5.50. The van der Waals surface area contributed by atoms with Crippen LogP contribution in [-0.4, -0.2) is 40.1 Å². The Balaban J connectivity index is 2.07. The number of nitrogens with one attached hydrogen (secondary N) is 1. The zero-order valence-electron chi connectivity index (χ0n) is 9.02. The second kappa shape index (κ2) is 4.62. The third-order valence-corrected chi connectivity index (χ3v) is 2.88. The van der Waals surface area contributed by atoms with Gasteiger partial charge < -0.3 is 16.0 Å². The largest absolute Gasteiger partial charge is 0.392 e. The van der Waals surface area contributed by atoms with E-state index >= 15 is 0 Å². The van der Waals surface area contributed by atoms with Gasteiger partial charge in [-0.1, -0.05) is 11.6 Å². The van der Waals surface area contributed by atoms with E-state index in [4.69, 9.17) is 17.3 Å². The number of rotatable bonds is 3. The number of hydrogen-bond acceptors (Lipinski definition) is 4. The molecule has 0 atom stereocenters. The van der Waals surface area contributed by atoms with E-state index in [2.05, 4.69) is 10.3 Å². The Morgan fingerprint density at radius 3 is 2.88 bits per heavy atom. The number of carbonyl (C=O) groups is 1. The van der Waals surface area contributed by atoms with Gasteiger partial charge in [0, 0.05) is 26.2 Å². The molecule has 3 N–H and O–H groups in total. The van der Waals surface area contributed by atoms with Crippen molar-refractivity contribution >= 4 is 23.3 Å². The van der Waals surface area contributed by atoms with Crippen LogP contribution in [0.1, 0.15) is 0 Å². The van der Waals surface area contributed by atoms with Gasteiger partial charge in [0.1, 0.15) is 5.69 Å². The summed E-state index contributed by atoms with van der Waals surface area (Å²) in [4.78, 5) is 28.3. The molecule has 0 spiro atoms. The van der Waals surface area contributed by atoms with Crippen LogP contribution >= 0.6 is 11.6 Å². The van der Waals surface area contributed by atoms with Gasteiger partial charge >= 0.3 is 6.03 Å². The van der Waals surface area contributed by atoms with Crippen molar-refractivity contribution in [3.8, 4) is 0 Å². The van der Waals surface area contributed by atoms with Crippen molar-refractivity contribution in [3.63, 3.8) is 0 Å². The fourth-order valence-corrected chi connectivity index (χ4v) is 1.72. The number of hydrogen-bond donors (Lipinski definition) is 2. The molecule has 1 aromatic rings. The van der Waals surface area contributed by atoms with E-state index in [1.54, 1.807) is 4.90 Å². The standard InChI is InChI=1S/C9H12ClN5O2/c10-7-6(11)8(16)15(5-13-7)4-3-14-2-1-12-9(14)17/h5H,1-4,11H2,(H,12,17). The second-order valence-corrected chi connectivity index (χ2v) is 4.02. The molecule has 0 unspecified atom stereocenters. The second-order valence-electron chi connectivity index (χ2n) is 3.67. The fourth-order valence-electron chi connectivity index (χ4n) is 1.60. The number of aromatic nitrogens is 2. The Kier molecular flexibility index (Phi) is 3.19. The van der Waals surface area contributed by atoms with E-state index in [9.17, 15) is 9.59 Å². The van der Waals surface area contributed by atoms with E-state index in [1.807, 2.05) is 0 Å². The molecule has 0 aliphatic carbocycles. The average Bonchev–Trinajstić information content (AvgIpc) is 2.71. The Bertz CT molecular complexity index is 501. The van der Waals surface area contributed by atoms with E-state index in [1.165, 1.54) is 10.9 Å². The summed E-state index contributed by atoms with van der Waals surface area (Å²) in [5, 5.41) is 2.68. The third-order valence-electron chi connectivity index (χ3n) is 2.58. The smallest absolute Gasteiger partial charge is 0.317 e. The summed E-state index contributed by atoms with van der Waals surface area (Å²) in [7, 11) is 0. The number of nitrogens with two attached hydrogens (primary N) is 1. The number of nitrogens with zero attached hydrogens (tertiary/aromatic N) is 3. The molecule has 0 aromatic carbocycles. The van der Waals surface area contributed by atoms with E-state index in [-0.39, 0.29) is 22.4 Å². The maximum Gasteiger partial charge on any atom is 0.317 e. The van der Waals surface area contributed by atoms with Gasteiger partial charge in [0.15, 0.2) is 5.15 Å². The predicted molar refractivity (Wildman–Crippen MR) is 62.9 cm³/mol. The highest BCUT2D eigenvalue weighted by Crippen LogP contribution is 2.08. The van der Waals surface area contributed by atoms with Crippen LogP contribution in [0.2, 0.25) is 5.15 Å². The SMILES string of the molecule is Nc1c(Cl)ncn(CCN2CCNC2=O)c1=O. The molecule has 1 fully saturated rings. The number of carbonyl (C=O) groups excluding carboxylic acids is 1. The number of nitrogen functional groups attached to an aromatic ring is 1. The minimum absolute atomic E-state index is 0.00478. The van der Waals surface area contributed by atoms with Crippen molar-refractivity contribution in [1.82, 2.24) is 19.8 Å². The van der Waals surface area contributed by atoms with Crippen LogP contribution < -0.4 is 16.6 Å². The molecule has 0 saturated carbocycles. The first kappa shape index (κ1) is 11.7. The highest BCUT2D eigenvalue weighted by atomic mass is 35.5. The fraction of sp³-hybridized carbons (Fsp3) is 0.444. The van der Waals surface area contributed by atoms with Crippen LogP contribution in [0.4, 0.5) is 10.5 Å². The third kappa shape index (κ3) is 2.33. The number of urea groups is 1. The maximum absolute atomic E-state index is 11.7. The Hall–Kier alpha value is -1.76. The molecule has 1 aliphatic heterocycles. The normalized spacial score (nSPS) is 15.1. The lowest BCUT2D eigenvalue weighted by molar-refractivity contribution is 0.215. The molecule has 92 valence electrons. The van der Waals surface area contributed by atoms with Crippen LogP contribution in [0.5, 0.6) is 0 Å². The van der Waals surface area contributed by atoms with Gasteiger partial charge in [0.05, 0.1) is 6.33 Å². The molecule has 0 radical (unpaired) electrons. The van der Waals surface area contributed by atoms with Crippen molar-refractivity contribution in [1.29, 1.82) is 0 Å². The molecule has 1 aromatic heterocycles. The molecule has 0 bridgehead atoms. The summed E-state index contributed by atoms with van der Waals surface area (Å²) < 4.78 is 1.34. The molecule has 2 amide bonds. The zero-order valence-corrected chi connectivity index (χ0v) is 9.78. The highest BCUT2D eigenvalue weighted by Gasteiger charge is 2.19. The van der Waals surface area contributed by atoms with Crippen molar-refractivity contribution in [2.75, 3.05) is 25.4 Å². The van der Waals surface area contributed by atoms with Gasteiger partial charge in [-0.3, -0.25) is 9.36 Å². The van der Waals surface area contributed by atoms with E-state index < -0.39 is 0 Å². The monoisotopic (exact) mass is 257 g/mol. The van der Waals surface area contributed by atoms with Gasteiger partial charge in [-0.05, 0) is 0 Å². The summed E-state index contributed by atoms with van der Waals surface area (Å²) in [6, 6.07) is -0.118. The van der Waals surface area contributed by atoms with Crippen LogP contribution in [-0.2, 0) is 6.54 Å². The molecule has 2 rings (SSSR count). The van der Waals surface area contributed by atoms with Crippen molar-refractivity contribution in [3.05, 3.63) is 21.8 Å². The Morgan fingerprint density at radius 1 is 1.47 bits per heavy atom. The summed E-state index contributed by atoms with van der Waals surface area (Å²) in [5.41, 5.74) is 5.02. The molecular formula is C9H12ClN5O2. The summed E-state index contributed by atoms with van der Waals surface area (Å²) in [6.07, 6.45) is 1.33. The molecule has 7 nitrogen and oxygen atoms in total. The summed E-state index contributed by atoms with van der Waals surface area (Å²) in [6.45, 7) is 2.06. The molecule has 17 heavy (non-hydrogen) atoms. The van der Waals surface area contributed by atoms with E-state index in [0.29, 0.717) is 26.2 Å².